The van der Waals surface area contributed by atoms with Crippen molar-refractivity contribution in [2.24, 2.45) is 0 Å². The molecule has 0 aliphatic heterocycles. The highest BCUT2D eigenvalue weighted by molar-refractivity contribution is 5.61. The summed E-state index contributed by atoms with van der Waals surface area (Å²) in [6, 6.07) is 18.9. The number of hydrogen-bond acceptors (Lipinski definition) is 4. The minimum Gasteiger partial charge on any atom is -0.363 e. The normalized spacial score (nSPS) is 11.8. The molecule has 0 saturated heterocycles. The maximum absolute atomic E-state index is 4.51. The minimum absolute atomic E-state index is 0.171. The first-order chi connectivity index (χ1) is 12.0. The van der Waals surface area contributed by atoms with Gasteiger partial charge in [0.2, 0.25) is 0 Å². The Kier molecular flexibility index (Phi) is 4.98. The average Bonchev–Trinajstić information content (AvgIpc) is 2.54. The summed E-state index contributed by atoms with van der Waals surface area (Å²) < 4.78 is 0. The molecule has 0 fully saturated rings. The van der Waals surface area contributed by atoms with Gasteiger partial charge in [-0.2, -0.15) is 0 Å². The second-order valence-corrected chi connectivity index (χ2v) is 6.46. The SMILES string of the molecule is Cc1cc(C)cc(Nc2cc(NC(C)c3ccccc3)nc(C)n2)c1. The number of hydrogen-bond donors (Lipinski definition) is 2. The Bertz CT molecular complexity index is 839. The van der Waals surface area contributed by atoms with E-state index in [-0.39, 0.29) is 6.04 Å². The molecule has 0 amide bonds. The first kappa shape index (κ1) is 17.0. The first-order valence-corrected chi connectivity index (χ1v) is 8.52. The van der Waals surface area contributed by atoms with Crippen LogP contribution < -0.4 is 10.6 Å². The summed E-state index contributed by atoms with van der Waals surface area (Å²) in [4.78, 5) is 9.02. The van der Waals surface area contributed by atoms with Crippen molar-refractivity contribution >= 4 is 17.3 Å². The number of aryl methyl sites for hydroxylation is 3. The van der Waals surface area contributed by atoms with Crippen molar-refractivity contribution in [3.8, 4) is 0 Å². The van der Waals surface area contributed by atoms with Gasteiger partial charge in [-0.25, -0.2) is 9.97 Å². The Morgan fingerprint density at radius 1 is 0.800 bits per heavy atom. The Morgan fingerprint density at radius 2 is 1.44 bits per heavy atom. The minimum atomic E-state index is 0.171. The highest BCUT2D eigenvalue weighted by atomic mass is 15.1. The van der Waals surface area contributed by atoms with Gasteiger partial charge in [-0.15, -0.1) is 0 Å². The van der Waals surface area contributed by atoms with Crippen LogP contribution in [0.1, 0.15) is 35.5 Å². The molecule has 1 heterocycles. The highest BCUT2D eigenvalue weighted by Crippen LogP contribution is 2.22. The van der Waals surface area contributed by atoms with Crippen LogP contribution in [0, 0.1) is 20.8 Å². The molecule has 0 radical (unpaired) electrons. The fourth-order valence-corrected chi connectivity index (χ4v) is 2.95. The lowest BCUT2D eigenvalue weighted by molar-refractivity contribution is 0.867. The van der Waals surface area contributed by atoms with Crippen LogP contribution in [0.15, 0.2) is 54.6 Å². The third-order valence-electron chi connectivity index (χ3n) is 4.00. The Balaban J connectivity index is 1.80. The molecule has 0 bridgehead atoms. The predicted molar refractivity (Wildman–Crippen MR) is 104 cm³/mol. The molecule has 1 unspecified atom stereocenters. The Hall–Kier alpha value is -2.88. The maximum atomic E-state index is 4.51. The van der Waals surface area contributed by atoms with E-state index >= 15 is 0 Å². The van der Waals surface area contributed by atoms with Gasteiger partial charge in [-0.3, -0.25) is 0 Å². The van der Waals surface area contributed by atoms with Gasteiger partial charge in [0.15, 0.2) is 0 Å². The molecular weight excluding hydrogens is 308 g/mol. The standard InChI is InChI=1S/C21H24N4/c1-14-10-15(2)12-19(11-14)25-21-13-20(23-17(4)24-21)22-16(3)18-8-6-5-7-9-18/h5-13,16H,1-4H3,(H2,22,23,24,25). The van der Waals surface area contributed by atoms with Crippen molar-refractivity contribution < 1.29 is 0 Å². The zero-order chi connectivity index (χ0) is 17.8. The zero-order valence-corrected chi connectivity index (χ0v) is 15.2. The number of nitrogens with zero attached hydrogens (tertiary/aromatic N) is 2. The molecule has 4 nitrogen and oxygen atoms in total. The Labute approximate surface area is 149 Å². The molecular formula is C21H24N4. The van der Waals surface area contributed by atoms with Gasteiger partial charge in [-0.05, 0) is 56.5 Å². The smallest absolute Gasteiger partial charge is 0.136 e. The molecule has 1 atom stereocenters. The van der Waals surface area contributed by atoms with E-state index in [0.29, 0.717) is 0 Å². The van der Waals surface area contributed by atoms with Gasteiger partial charge in [0, 0.05) is 17.8 Å². The van der Waals surface area contributed by atoms with Gasteiger partial charge in [0.25, 0.3) is 0 Å². The summed E-state index contributed by atoms with van der Waals surface area (Å²) >= 11 is 0. The van der Waals surface area contributed by atoms with Crippen molar-refractivity contribution in [3.63, 3.8) is 0 Å². The molecule has 0 aliphatic carbocycles. The molecule has 1 aromatic heterocycles. The summed E-state index contributed by atoms with van der Waals surface area (Å²) in [6.07, 6.45) is 0. The topological polar surface area (TPSA) is 49.8 Å². The largest absolute Gasteiger partial charge is 0.363 e. The third kappa shape index (κ3) is 4.57. The number of benzene rings is 2. The van der Waals surface area contributed by atoms with Gasteiger partial charge in [0.1, 0.15) is 17.5 Å². The molecule has 3 aromatic rings. The predicted octanol–water partition coefficient (Wildman–Crippen LogP) is 5.32. The lowest BCUT2D eigenvalue weighted by atomic mass is 10.1. The van der Waals surface area contributed by atoms with E-state index < -0.39 is 0 Å². The maximum Gasteiger partial charge on any atom is 0.136 e. The zero-order valence-electron chi connectivity index (χ0n) is 15.2. The van der Waals surface area contributed by atoms with E-state index in [1.807, 2.05) is 31.2 Å². The van der Waals surface area contributed by atoms with Crippen LogP contribution in [0.5, 0.6) is 0 Å². The molecule has 128 valence electrons. The van der Waals surface area contributed by atoms with E-state index in [0.717, 1.165) is 23.1 Å². The number of rotatable bonds is 5. The summed E-state index contributed by atoms with van der Waals surface area (Å²) in [7, 11) is 0. The van der Waals surface area contributed by atoms with Crippen LogP contribution in [0.2, 0.25) is 0 Å². The summed E-state index contributed by atoms with van der Waals surface area (Å²) in [6.45, 7) is 8.23. The van der Waals surface area contributed by atoms with Crippen molar-refractivity contribution in [3.05, 3.63) is 77.1 Å². The van der Waals surface area contributed by atoms with E-state index in [2.05, 4.69) is 71.7 Å². The fourth-order valence-electron chi connectivity index (χ4n) is 2.95. The van der Waals surface area contributed by atoms with Crippen LogP contribution in [-0.4, -0.2) is 9.97 Å². The summed E-state index contributed by atoms with van der Waals surface area (Å²) in [5.41, 5.74) is 4.72. The van der Waals surface area contributed by atoms with Gasteiger partial charge in [0.05, 0.1) is 0 Å². The molecule has 25 heavy (non-hydrogen) atoms. The van der Waals surface area contributed by atoms with Crippen LogP contribution >= 0.6 is 0 Å². The molecule has 3 rings (SSSR count). The molecule has 0 aliphatic rings. The van der Waals surface area contributed by atoms with Crippen molar-refractivity contribution in [2.45, 2.75) is 33.7 Å². The molecule has 4 heteroatoms. The van der Waals surface area contributed by atoms with Gasteiger partial charge >= 0.3 is 0 Å². The number of nitrogens with one attached hydrogen (secondary N) is 2. The van der Waals surface area contributed by atoms with E-state index in [1.165, 1.54) is 16.7 Å². The van der Waals surface area contributed by atoms with E-state index in [4.69, 9.17) is 0 Å². The quantitative estimate of drug-likeness (QED) is 0.664. The summed E-state index contributed by atoms with van der Waals surface area (Å²) in [5.74, 6) is 2.34. The average molecular weight is 332 g/mol. The second-order valence-electron chi connectivity index (χ2n) is 6.46. The molecule has 0 saturated carbocycles. The van der Waals surface area contributed by atoms with Gasteiger partial charge in [-0.1, -0.05) is 36.4 Å². The lowest BCUT2D eigenvalue weighted by Crippen LogP contribution is -2.09. The van der Waals surface area contributed by atoms with Crippen molar-refractivity contribution in [2.75, 3.05) is 10.6 Å². The summed E-state index contributed by atoms with van der Waals surface area (Å²) in [5, 5.41) is 6.85. The lowest BCUT2D eigenvalue weighted by Gasteiger charge is -2.16. The van der Waals surface area contributed by atoms with Crippen LogP contribution in [0.4, 0.5) is 17.3 Å². The van der Waals surface area contributed by atoms with Crippen LogP contribution in [-0.2, 0) is 0 Å². The Morgan fingerprint density at radius 3 is 2.12 bits per heavy atom. The monoisotopic (exact) mass is 332 g/mol. The van der Waals surface area contributed by atoms with E-state index in [1.54, 1.807) is 0 Å². The highest BCUT2D eigenvalue weighted by Gasteiger charge is 2.08. The molecule has 2 N–H and O–H groups in total. The fraction of sp³-hybridized carbons (Fsp3) is 0.238. The van der Waals surface area contributed by atoms with Crippen molar-refractivity contribution in [1.29, 1.82) is 0 Å². The third-order valence-corrected chi connectivity index (χ3v) is 4.00. The van der Waals surface area contributed by atoms with Crippen molar-refractivity contribution in [1.82, 2.24) is 9.97 Å². The molecule has 0 spiro atoms. The van der Waals surface area contributed by atoms with Gasteiger partial charge < -0.3 is 10.6 Å². The van der Waals surface area contributed by atoms with Crippen LogP contribution in [0.3, 0.4) is 0 Å². The number of anilines is 3. The molecule has 2 aromatic carbocycles. The first-order valence-electron chi connectivity index (χ1n) is 8.52. The number of aromatic nitrogens is 2. The van der Waals surface area contributed by atoms with E-state index in [9.17, 15) is 0 Å². The van der Waals surface area contributed by atoms with Crippen LogP contribution in [0.25, 0.3) is 0 Å². The second kappa shape index (κ2) is 7.34.